The number of alkyl carbamates (subject to hydrolysis) is 1. The van der Waals surface area contributed by atoms with E-state index in [0.717, 1.165) is 23.8 Å². The Kier molecular flexibility index (Phi) is 7.06. The number of nitrogens with one attached hydrogen (secondary N) is 1. The molecule has 7 nitrogen and oxygen atoms in total. The average molecular weight is 403 g/mol. The summed E-state index contributed by atoms with van der Waals surface area (Å²) >= 11 is 0. The lowest BCUT2D eigenvalue weighted by atomic mass is 10.0. The van der Waals surface area contributed by atoms with E-state index in [1.165, 1.54) is 6.07 Å². The maximum atomic E-state index is 12.6. The van der Waals surface area contributed by atoms with Gasteiger partial charge in [-0.05, 0) is 58.2 Å². The molecule has 1 heterocycles. The number of aryl methyl sites for hydroxylation is 2. The molecule has 0 spiro atoms. The van der Waals surface area contributed by atoms with Crippen molar-refractivity contribution in [1.29, 1.82) is 0 Å². The molecule has 1 atom stereocenters. The van der Waals surface area contributed by atoms with Gasteiger partial charge in [-0.3, -0.25) is 0 Å². The van der Waals surface area contributed by atoms with E-state index in [9.17, 15) is 14.4 Å². The van der Waals surface area contributed by atoms with Gasteiger partial charge in [-0.2, -0.15) is 0 Å². The molecule has 0 bridgehead atoms. The molecule has 0 aliphatic heterocycles. The van der Waals surface area contributed by atoms with Crippen LogP contribution < -0.4 is 15.7 Å². The number of hydrogen-bond acceptors (Lipinski definition) is 6. The molecule has 0 fully saturated rings. The molecule has 29 heavy (non-hydrogen) atoms. The summed E-state index contributed by atoms with van der Waals surface area (Å²) in [6, 6.07) is 4.09. The Labute approximate surface area is 170 Å². The van der Waals surface area contributed by atoms with Gasteiger partial charge in [-0.1, -0.05) is 20.3 Å². The van der Waals surface area contributed by atoms with Crippen molar-refractivity contribution in [3.8, 4) is 5.75 Å². The second-order valence-electron chi connectivity index (χ2n) is 7.93. The minimum Gasteiger partial charge on any atom is -0.444 e. The Morgan fingerprint density at radius 1 is 1.21 bits per heavy atom. The molecular weight excluding hydrogens is 374 g/mol. The number of carbonyl (C=O) groups excluding carboxylic acids is 2. The molecule has 1 N–H and O–H groups in total. The highest BCUT2D eigenvalue weighted by Crippen LogP contribution is 2.29. The number of benzene rings is 1. The number of amides is 1. The third kappa shape index (κ3) is 5.82. The quantitative estimate of drug-likeness (QED) is 0.440. The lowest BCUT2D eigenvalue weighted by molar-refractivity contribution is -0.136. The predicted molar refractivity (Wildman–Crippen MR) is 110 cm³/mol. The minimum atomic E-state index is -0.863. The molecule has 0 radical (unpaired) electrons. The molecule has 2 aromatic rings. The summed E-state index contributed by atoms with van der Waals surface area (Å²) in [4.78, 5) is 36.5. The second kappa shape index (κ2) is 9.11. The first-order valence-corrected chi connectivity index (χ1v) is 9.83. The Bertz CT molecular complexity index is 954. The van der Waals surface area contributed by atoms with Crippen molar-refractivity contribution in [2.24, 2.45) is 0 Å². The minimum absolute atomic E-state index is 0.281. The van der Waals surface area contributed by atoms with Crippen LogP contribution in [-0.2, 0) is 16.0 Å². The van der Waals surface area contributed by atoms with Crippen molar-refractivity contribution in [3.05, 3.63) is 39.7 Å². The van der Waals surface area contributed by atoms with Crippen LogP contribution in [0.3, 0.4) is 0 Å². The monoisotopic (exact) mass is 403 g/mol. The van der Waals surface area contributed by atoms with E-state index in [0.29, 0.717) is 17.6 Å². The van der Waals surface area contributed by atoms with Gasteiger partial charge in [0.15, 0.2) is 0 Å². The molecule has 0 aliphatic carbocycles. The van der Waals surface area contributed by atoms with E-state index in [4.69, 9.17) is 13.9 Å². The van der Waals surface area contributed by atoms with Gasteiger partial charge in [0.25, 0.3) is 0 Å². The summed E-state index contributed by atoms with van der Waals surface area (Å²) < 4.78 is 16.1. The lowest BCUT2D eigenvalue weighted by Gasteiger charge is -2.22. The number of hydrogen-bond donors (Lipinski definition) is 1. The van der Waals surface area contributed by atoms with Gasteiger partial charge < -0.3 is 19.2 Å². The molecule has 2 rings (SSSR count). The van der Waals surface area contributed by atoms with Crippen LogP contribution in [0.1, 0.15) is 58.6 Å². The summed E-state index contributed by atoms with van der Waals surface area (Å²) in [7, 11) is 0. The van der Waals surface area contributed by atoms with E-state index in [-0.39, 0.29) is 5.75 Å². The molecular formula is C22H29NO6. The first kappa shape index (κ1) is 22.5. The summed E-state index contributed by atoms with van der Waals surface area (Å²) in [5.74, 6) is -0.336. The van der Waals surface area contributed by atoms with E-state index < -0.39 is 29.3 Å². The van der Waals surface area contributed by atoms with Crippen LogP contribution >= 0.6 is 0 Å². The van der Waals surface area contributed by atoms with Crippen LogP contribution in [0.2, 0.25) is 0 Å². The summed E-state index contributed by atoms with van der Waals surface area (Å²) in [5.41, 5.74) is 0.746. The summed E-state index contributed by atoms with van der Waals surface area (Å²) in [5, 5.41) is 3.35. The highest BCUT2D eigenvalue weighted by molar-refractivity contribution is 5.87. The molecule has 0 saturated carbocycles. The molecule has 0 aliphatic rings. The first-order valence-electron chi connectivity index (χ1n) is 9.83. The van der Waals surface area contributed by atoms with Crippen molar-refractivity contribution in [3.63, 3.8) is 0 Å². The molecule has 1 aromatic carbocycles. The zero-order valence-corrected chi connectivity index (χ0v) is 17.9. The van der Waals surface area contributed by atoms with E-state index in [1.54, 1.807) is 46.8 Å². The fourth-order valence-corrected chi connectivity index (χ4v) is 2.95. The SMILES string of the molecule is CCCc1cc(=O)oc2c(C)c(OC(=O)[C@H](CC)NC(=O)OC(C)(C)C)ccc12. The highest BCUT2D eigenvalue weighted by Gasteiger charge is 2.25. The Morgan fingerprint density at radius 2 is 1.90 bits per heavy atom. The molecule has 1 amide bonds. The number of ether oxygens (including phenoxy) is 2. The van der Waals surface area contributed by atoms with Crippen LogP contribution in [0.15, 0.2) is 27.4 Å². The Balaban J connectivity index is 2.26. The second-order valence-corrected chi connectivity index (χ2v) is 7.93. The predicted octanol–water partition coefficient (Wildman–Crippen LogP) is 4.26. The average Bonchev–Trinajstić information content (AvgIpc) is 2.61. The van der Waals surface area contributed by atoms with Crippen LogP contribution in [0, 0.1) is 6.92 Å². The first-order chi connectivity index (χ1) is 13.6. The zero-order valence-electron chi connectivity index (χ0n) is 17.9. The van der Waals surface area contributed by atoms with Gasteiger partial charge in [-0.15, -0.1) is 0 Å². The van der Waals surface area contributed by atoms with Crippen LogP contribution in [-0.4, -0.2) is 23.7 Å². The van der Waals surface area contributed by atoms with E-state index in [2.05, 4.69) is 5.32 Å². The molecule has 158 valence electrons. The maximum Gasteiger partial charge on any atom is 0.408 e. The maximum absolute atomic E-state index is 12.6. The zero-order chi connectivity index (χ0) is 21.8. The summed E-state index contributed by atoms with van der Waals surface area (Å²) in [6.45, 7) is 10.7. The van der Waals surface area contributed by atoms with Gasteiger partial charge in [0.1, 0.15) is 23.0 Å². The normalized spacial score (nSPS) is 12.5. The number of fused-ring (bicyclic) bond motifs is 1. The highest BCUT2D eigenvalue weighted by atomic mass is 16.6. The van der Waals surface area contributed by atoms with Crippen LogP contribution in [0.25, 0.3) is 11.0 Å². The third-order valence-corrected chi connectivity index (χ3v) is 4.31. The molecule has 0 unspecified atom stereocenters. The number of carbonyl (C=O) groups is 2. The standard InChI is InChI=1S/C22H29NO6/c1-7-9-14-12-18(24)28-19-13(3)17(11-10-15(14)19)27-20(25)16(8-2)23-21(26)29-22(4,5)6/h10-12,16H,7-9H2,1-6H3,(H,23,26)/t16-/m0/s1. The Morgan fingerprint density at radius 3 is 2.48 bits per heavy atom. The van der Waals surface area contributed by atoms with E-state index >= 15 is 0 Å². The van der Waals surface area contributed by atoms with Crippen molar-refractivity contribution in [2.45, 2.75) is 72.4 Å². The number of rotatable bonds is 6. The van der Waals surface area contributed by atoms with Crippen molar-refractivity contribution in [2.75, 3.05) is 0 Å². The summed E-state index contributed by atoms with van der Waals surface area (Å²) in [6.07, 6.45) is 1.29. The van der Waals surface area contributed by atoms with Gasteiger partial charge in [0, 0.05) is 17.0 Å². The molecule has 1 aromatic heterocycles. The van der Waals surface area contributed by atoms with Gasteiger partial charge >= 0.3 is 17.7 Å². The van der Waals surface area contributed by atoms with E-state index in [1.807, 2.05) is 6.92 Å². The lowest BCUT2D eigenvalue weighted by Crippen LogP contribution is -2.44. The van der Waals surface area contributed by atoms with Crippen LogP contribution in [0.4, 0.5) is 4.79 Å². The molecule has 0 saturated heterocycles. The van der Waals surface area contributed by atoms with Gasteiger partial charge in [0.2, 0.25) is 0 Å². The fraction of sp³-hybridized carbons (Fsp3) is 0.500. The fourth-order valence-electron chi connectivity index (χ4n) is 2.95. The smallest absolute Gasteiger partial charge is 0.408 e. The molecule has 7 heteroatoms. The topological polar surface area (TPSA) is 94.8 Å². The van der Waals surface area contributed by atoms with Gasteiger partial charge in [-0.25, -0.2) is 14.4 Å². The van der Waals surface area contributed by atoms with Crippen LogP contribution in [0.5, 0.6) is 5.75 Å². The van der Waals surface area contributed by atoms with Crippen molar-refractivity contribution < 1.29 is 23.5 Å². The largest absolute Gasteiger partial charge is 0.444 e. The number of esters is 1. The van der Waals surface area contributed by atoms with Crippen molar-refractivity contribution >= 4 is 23.0 Å². The van der Waals surface area contributed by atoms with Crippen molar-refractivity contribution in [1.82, 2.24) is 5.32 Å². The van der Waals surface area contributed by atoms with Gasteiger partial charge in [0.05, 0.1) is 0 Å². The third-order valence-electron chi connectivity index (χ3n) is 4.31. The Hall–Kier alpha value is -2.83.